The fourth-order valence-corrected chi connectivity index (χ4v) is 4.26. The van der Waals surface area contributed by atoms with E-state index < -0.39 is 0 Å². The van der Waals surface area contributed by atoms with Crippen LogP contribution in [-0.2, 0) is 4.79 Å². The third-order valence-corrected chi connectivity index (χ3v) is 5.61. The van der Waals surface area contributed by atoms with Crippen LogP contribution in [-0.4, -0.2) is 24.7 Å². The highest BCUT2D eigenvalue weighted by atomic mass is 32.1. The summed E-state index contributed by atoms with van der Waals surface area (Å²) >= 11 is 3.18. The number of thiophene rings is 2. The van der Waals surface area contributed by atoms with E-state index in [9.17, 15) is 4.79 Å². The van der Waals surface area contributed by atoms with Crippen molar-refractivity contribution in [1.82, 2.24) is 0 Å². The van der Waals surface area contributed by atoms with E-state index in [0.717, 1.165) is 31.6 Å². The molecule has 0 aliphatic carbocycles. The van der Waals surface area contributed by atoms with E-state index in [1.165, 1.54) is 0 Å². The van der Waals surface area contributed by atoms with Crippen LogP contribution in [0.25, 0.3) is 0 Å². The van der Waals surface area contributed by atoms with Crippen LogP contribution in [0, 0.1) is 25.2 Å². The van der Waals surface area contributed by atoms with Crippen LogP contribution in [0.3, 0.4) is 0 Å². The number of nitrogens with zero attached hydrogens (tertiary/aromatic N) is 3. The molecule has 106 valence electrons. The number of anilines is 1. The van der Waals surface area contributed by atoms with Crippen molar-refractivity contribution in [2.24, 2.45) is 4.99 Å². The number of hydrogen-bond acceptors (Lipinski definition) is 5. The molecule has 0 N–H and O–H groups in total. The molecule has 0 saturated heterocycles. The van der Waals surface area contributed by atoms with Crippen molar-refractivity contribution in [1.29, 1.82) is 5.26 Å². The average molecular weight is 315 g/mol. The van der Waals surface area contributed by atoms with Gasteiger partial charge in [-0.2, -0.15) is 5.26 Å². The molecular weight excluding hydrogens is 302 g/mol. The third-order valence-electron chi connectivity index (χ3n) is 3.51. The number of fused-ring (bicyclic) bond motifs is 1. The van der Waals surface area contributed by atoms with Gasteiger partial charge in [-0.25, -0.2) is 0 Å². The first-order valence-electron chi connectivity index (χ1n) is 6.49. The summed E-state index contributed by atoms with van der Waals surface area (Å²) in [6.45, 7) is 4.25. The van der Waals surface area contributed by atoms with Crippen LogP contribution in [0.15, 0.2) is 22.5 Å². The first-order valence-corrected chi connectivity index (χ1v) is 8.19. The Morgan fingerprint density at radius 2 is 2.29 bits per heavy atom. The van der Waals surface area contributed by atoms with Gasteiger partial charge in [-0.1, -0.05) is 6.07 Å². The van der Waals surface area contributed by atoms with Crippen molar-refractivity contribution < 1.29 is 4.79 Å². The maximum atomic E-state index is 12.3. The van der Waals surface area contributed by atoms with Gasteiger partial charge in [0.15, 0.2) is 0 Å². The molecule has 3 rings (SSSR count). The Hall–Kier alpha value is -1.97. The van der Waals surface area contributed by atoms with Crippen LogP contribution in [0.2, 0.25) is 0 Å². The van der Waals surface area contributed by atoms with Crippen LogP contribution >= 0.6 is 22.7 Å². The summed E-state index contributed by atoms with van der Waals surface area (Å²) < 4.78 is 0. The second-order valence-corrected chi connectivity index (χ2v) is 6.89. The average Bonchev–Trinajstić information content (AvgIpc) is 3.05. The zero-order chi connectivity index (χ0) is 15.0. The Bertz CT molecular complexity index is 766. The lowest BCUT2D eigenvalue weighted by atomic mass is 10.1. The Kier molecular flexibility index (Phi) is 3.62. The molecule has 0 spiro atoms. The molecule has 0 bridgehead atoms. The summed E-state index contributed by atoms with van der Waals surface area (Å²) in [7, 11) is 0. The summed E-state index contributed by atoms with van der Waals surface area (Å²) in [5.74, 6) is -0.120. The van der Waals surface area contributed by atoms with E-state index in [-0.39, 0.29) is 19.0 Å². The minimum Gasteiger partial charge on any atom is -0.288 e. The Labute approximate surface area is 131 Å². The first-order chi connectivity index (χ1) is 10.1. The Morgan fingerprint density at radius 1 is 1.48 bits per heavy atom. The number of hydrogen-bond donors (Lipinski definition) is 0. The summed E-state index contributed by atoms with van der Waals surface area (Å²) in [5, 5.41) is 11.9. The number of nitriles is 1. The summed E-state index contributed by atoms with van der Waals surface area (Å²) in [6.07, 6.45) is 0. The van der Waals surface area contributed by atoms with E-state index in [1.807, 2.05) is 31.4 Å². The number of aliphatic imine (C=N–C) groups is 1. The molecule has 4 nitrogen and oxygen atoms in total. The van der Waals surface area contributed by atoms with Gasteiger partial charge >= 0.3 is 0 Å². The molecule has 1 amide bonds. The fourth-order valence-electron chi connectivity index (χ4n) is 2.35. The van der Waals surface area contributed by atoms with Crippen LogP contribution in [0.1, 0.15) is 20.9 Å². The van der Waals surface area contributed by atoms with Crippen molar-refractivity contribution >= 4 is 39.3 Å². The molecule has 1 aliphatic rings. The Morgan fingerprint density at radius 3 is 2.95 bits per heavy atom. The topological polar surface area (TPSA) is 56.5 Å². The number of aryl methyl sites for hydroxylation is 1. The normalized spacial score (nSPS) is 14.4. The molecule has 0 aromatic carbocycles. The van der Waals surface area contributed by atoms with E-state index in [1.54, 1.807) is 27.6 Å². The van der Waals surface area contributed by atoms with Gasteiger partial charge in [0.2, 0.25) is 5.91 Å². The molecule has 0 fully saturated rings. The van der Waals surface area contributed by atoms with Gasteiger partial charge in [0.05, 0.1) is 16.7 Å². The van der Waals surface area contributed by atoms with Crippen molar-refractivity contribution in [3.8, 4) is 6.07 Å². The van der Waals surface area contributed by atoms with Crippen molar-refractivity contribution in [2.75, 3.05) is 18.0 Å². The van der Waals surface area contributed by atoms with Gasteiger partial charge in [0.25, 0.3) is 0 Å². The smallest absolute Gasteiger partial charge is 0.250 e. The number of rotatable bonds is 2. The maximum Gasteiger partial charge on any atom is 0.250 e. The standard InChI is InChI=1S/C15H13N3OS2/c1-9-10(2)21-15-13(9)14(11-4-3-7-20-11)17-8-12(19)18(15)6-5-16/h3-4,7H,6,8H2,1-2H3. The lowest BCUT2D eigenvalue weighted by Gasteiger charge is -2.16. The second kappa shape index (κ2) is 5.43. The highest BCUT2D eigenvalue weighted by molar-refractivity contribution is 7.17. The molecule has 3 heterocycles. The van der Waals surface area contributed by atoms with E-state index >= 15 is 0 Å². The van der Waals surface area contributed by atoms with Gasteiger partial charge in [-0.3, -0.25) is 14.7 Å². The zero-order valence-electron chi connectivity index (χ0n) is 11.7. The van der Waals surface area contributed by atoms with Crippen molar-refractivity contribution in [3.63, 3.8) is 0 Å². The third kappa shape index (κ3) is 2.28. The molecule has 0 radical (unpaired) electrons. The predicted octanol–water partition coefficient (Wildman–Crippen LogP) is 3.13. The minimum absolute atomic E-state index is 0.0679. The molecular formula is C15H13N3OS2. The van der Waals surface area contributed by atoms with Crippen molar-refractivity contribution in [3.05, 3.63) is 38.4 Å². The zero-order valence-corrected chi connectivity index (χ0v) is 13.3. The molecule has 2 aromatic rings. The maximum absolute atomic E-state index is 12.3. The summed E-state index contributed by atoms with van der Waals surface area (Å²) in [5.41, 5.74) is 3.01. The molecule has 0 atom stereocenters. The molecule has 1 aliphatic heterocycles. The molecule has 2 aromatic heterocycles. The Balaban J connectivity index is 2.24. The lowest BCUT2D eigenvalue weighted by Crippen LogP contribution is -2.32. The van der Waals surface area contributed by atoms with Crippen LogP contribution in [0.5, 0.6) is 0 Å². The quantitative estimate of drug-likeness (QED) is 0.799. The largest absolute Gasteiger partial charge is 0.288 e. The van der Waals surface area contributed by atoms with Crippen LogP contribution < -0.4 is 4.90 Å². The number of carbonyl (C=O) groups excluding carboxylic acids is 1. The second-order valence-electron chi connectivity index (χ2n) is 4.74. The molecule has 21 heavy (non-hydrogen) atoms. The monoisotopic (exact) mass is 315 g/mol. The predicted molar refractivity (Wildman–Crippen MR) is 86.6 cm³/mol. The minimum atomic E-state index is -0.120. The van der Waals surface area contributed by atoms with Gasteiger partial charge in [-0.05, 0) is 30.9 Å². The number of amides is 1. The molecule has 0 saturated carbocycles. The summed E-state index contributed by atoms with van der Waals surface area (Å²) in [6, 6.07) is 6.08. The van der Waals surface area contributed by atoms with Gasteiger partial charge in [0, 0.05) is 10.4 Å². The molecule has 6 heteroatoms. The van der Waals surface area contributed by atoms with Gasteiger partial charge in [0.1, 0.15) is 18.1 Å². The fraction of sp³-hybridized carbons (Fsp3) is 0.267. The summed E-state index contributed by atoms with van der Waals surface area (Å²) in [4.78, 5) is 20.6. The highest BCUT2D eigenvalue weighted by Gasteiger charge is 2.29. The van der Waals surface area contributed by atoms with Gasteiger partial charge in [-0.15, -0.1) is 22.7 Å². The number of carbonyl (C=O) groups is 1. The van der Waals surface area contributed by atoms with Crippen molar-refractivity contribution in [2.45, 2.75) is 13.8 Å². The lowest BCUT2D eigenvalue weighted by molar-refractivity contribution is -0.117. The van der Waals surface area contributed by atoms with Crippen LogP contribution in [0.4, 0.5) is 5.00 Å². The van der Waals surface area contributed by atoms with Gasteiger partial charge < -0.3 is 0 Å². The van der Waals surface area contributed by atoms with E-state index in [2.05, 4.69) is 11.1 Å². The first kappa shape index (κ1) is 14.0. The SMILES string of the molecule is Cc1sc2c(c1C)C(c1cccs1)=NCC(=O)N2CC#N. The van der Waals surface area contributed by atoms with E-state index in [4.69, 9.17) is 5.26 Å². The molecule has 0 unspecified atom stereocenters. The highest BCUT2D eigenvalue weighted by Crippen LogP contribution is 2.39. The van der Waals surface area contributed by atoms with E-state index in [0.29, 0.717) is 0 Å².